The first-order valence-electron chi connectivity index (χ1n) is 11.5. The second-order valence-electron chi connectivity index (χ2n) is 8.45. The van der Waals surface area contributed by atoms with E-state index in [1.807, 2.05) is 0 Å². The van der Waals surface area contributed by atoms with E-state index in [1.54, 1.807) is 30.6 Å². The Balaban J connectivity index is 1.55. The molecule has 1 atom stereocenters. The molecule has 3 heterocycles. The maximum atomic E-state index is 14.2. The molecule has 0 bridgehead atoms. The summed E-state index contributed by atoms with van der Waals surface area (Å²) in [5.74, 6) is -6.16. The SMILES string of the molecule is O=C(Nc1ccc(C(F)(F)C(F)(F)F)c(OC[C@@H]2CCCN2)c1)c1cccnc1NCc1ccncc1. The number of carbonyl (C=O) groups excluding carboxylic acids is 1. The number of alkyl halides is 5. The molecule has 37 heavy (non-hydrogen) atoms. The van der Waals surface area contributed by atoms with Gasteiger partial charge in [-0.05, 0) is 61.3 Å². The van der Waals surface area contributed by atoms with Crippen LogP contribution in [0.15, 0.2) is 61.1 Å². The fraction of sp³-hybridized carbons (Fsp3) is 0.320. The number of benzene rings is 1. The molecule has 7 nitrogen and oxygen atoms in total. The van der Waals surface area contributed by atoms with Crippen molar-refractivity contribution in [1.82, 2.24) is 15.3 Å². The van der Waals surface area contributed by atoms with Crippen molar-refractivity contribution in [2.75, 3.05) is 23.8 Å². The predicted octanol–water partition coefficient (Wildman–Crippen LogP) is 5.13. The number of hydrogen-bond donors (Lipinski definition) is 3. The molecule has 1 saturated heterocycles. The summed E-state index contributed by atoms with van der Waals surface area (Å²) in [6.45, 7) is 0.969. The quantitative estimate of drug-likeness (QED) is 0.339. The second kappa shape index (κ2) is 11.1. The number of pyridine rings is 2. The van der Waals surface area contributed by atoms with E-state index in [2.05, 4.69) is 25.9 Å². The van der Waals surface area contributed by atoms with Crippen molar-refractivity contribution in [2.45, 2.75) is 37.5 Å². The maximum Gasteiger partial charge on any atom is 0.458 e. The van der Waals surface area contributed by atoms with Crippen molar-refractivity contribution in [2.24, 2.45) is 0 Å². The predicted molar refractivity (Wildman–Crippen MR) is 127 cm³/mol. The summed E-state index contributed by atoms with van der Waals surface area (Å²) in [5.41, 5.74) is -0.285. The van der Waals surface area contributed by atoms with E-state index in [9.17, 15) is 26.7 Å². The molecular formula is C25H24F5N5O2. The largest absolute Gasteiger partial charge is 0.491 e. The van der Waals surface area contributed by atoms with Crippen LogP contribution < -0.4 is 20.7 Å². The molecule has 0 saturated carbocycles. The van der Waals surface area contributed by atoms with Crippen molar-refractivity contribution >= 4 is 17.4 Å². The van der Waals surface area contributed by atoms with Crippen LogP contribution in [0.3, 0.4) is 0 Å². The van der Waals surface area contributed by atoms with Crippen molar-refractivity contribution in [3.63, 3.8) is 0 Å². The molecule has 1 aromatic carbocycles. The molecule has 1 aliphatic rings. The minimum Gasteiger partial charge on any atom is -0.491 e. The molecule has 0 radical (unpaired) electrons. The number of amides is 1. The fourth-order valence-corrected chi connectivity index (χ4v) is 3.84. The second-order valence-corrected chi connectivity index (χ2v) is 8.45. The van der Waals surface area contributed by atoms with Gasteiger partial charge in [0.25, 0.3) is 5.91 Å². The zero-order valence-corrected chi connectivity index (χ0v) is 19.5. The van der Waals surface area contributed by atoms with E-state index >= 15 is 0 Å². The van der Waals surface area contributed by atoms with Crippen LogP contribution >= 0.6 is 0 Å². The Kier molecular flexibility index (Phi) is 7.86. The third kappa shape index (κ3) is 6.31. The summed E-state index contributed by atoms with van der Waals surface area (Å²) < 4.78 is 73.2. The molecule has 1 aliphatic heterocycles. The lowest BCUT2D eigenvalue weighted by Gasteiger charge is -2.24. The maximum absolute atomic E-state index is 14.2. The smallest absolute Gasteiger partial charge is 0.458 e. The van der Waals surface area contributed by atoms with Crippen molar-refractivity contribution in [1.29, 1.82) is 0 Å². The fourth-order valence-electron chi connectivity index (χ4n) is 3.84. The first kappa shape index (κ1) is 26.3. The normalized spacial score (nSPS) is 15.9. The molecule has 4 rings (SSSR count). The van der Waals surface area contributed by atoms with E-state index in [0.29, 0.717) is 25.6 Å². The molecule has 0 spiro atoms. The number of nitrogens with one attached hydrogen (secondary N) is 3. The van der Waals surface area contributed by atoms with Crippen LogP contribution in [0.1, 0.15) is 34.3 Å². The third-order valence-electron chi connectivity index (χ3n) is 5.80. The first-order chi connectivity index (χ1) is 17.6. The lowest BCUT2D eigenvalue weighted by Crippen LogP contribution is -2.35. The van der Waals surface area contributed by atoms with E-state index in [-0.39, 0.29) is 29.7 Å². The Hall–Kier alpha value is -3.80. The molecule has 3 aromatic rings. The van der Waals surface area contributed by atoms with Gasteiger partial charge in [0, 0.05) is 42.9 Å². The Morgan fingerprint density at radius 1 is 1.08 bits per heavy atom. The van der Waals surface area contributed by atoms with E-state index in [4.69, 9.17) is 4.74 Å². The van der Waals surface area contributed by atoms with Crippen molar-refractivity contribution in [3.8, 4) is 5.75 Å². The number of nitrogens with zero attached hydrogens (tertiary/aromatic N) is 2. The Morgan fingerprint density at radius 2 is 1.86 bits per heavy atom. The van der Waals surface area contributed by atoms with Gasteiger partial charge in [-0.3, -0.25) is 9.78 Å². The van der Waals surface area contributed by atoms with Gasteiger partial charge < -0.3 is 20.7 Å². The highest BCUT2D eigenvalue weighted by atomic mass is 19.4. The minimum absolute atomic E-state index is 0.00922. The number of rotatable bonds is 9. The molecule has 196 valence electrons. The summed E-state index contributed by atoms with van der Waals surface area (Å²) in [7, 11) is 0. The molecular weight excluding hydrogens is 497 g/mol. The molecule has 0 unspecified atom stereocenters. The van der Waals surface area contributed by atoms with Gasteiger partial charge in [-0.15, -0.1) is 0 Å². The number of ether oxygens (including phenoxy) is 1. The zero-order chi connectivity index (χ0) is 26.5. The van der Waals surface area contributed by atoms with Gasteiger partial charge in [-0.25, -0.2) is 4.98 Å². The van der Waals surface area contributed by atoms with Gasteiger partial charge in [0.2, 0.25) is 0 Å². The average Bonchev–Trinajstić information content (AvgIpc) is 3.40. The van der Waals surface area contributed by atoms with Gasteiger partial charge in [-0.2, -0.15) is 22.0 Å². The van der Waals surface area contributed by atoms with Crippen LogP contribution in [-0.2, 0) is 12.5 Å². The molecule has 2 aromatic heterocycles. The van der Waals surface area contributed by atoms with Gasteiger partial charge in [0.15, 0.2) is 0 Å². The zero-order valence-electron chi connectivity index (χ0n) is 19.5. The Morgan fingerprint density at radius 3 is 2.57 bits per heavy atom. The number of carbonyl (C=O) groups is 1. The summed E-state index contributed by atoms with van der Waals surface area (Å²) in [6.07, 6.45) is 0.472. The van der Waals surface area contributed by atoms with E-state index in [1.165, 1.54) is 12.3 Å². The average molecular weight is 521 g/mol. The minimum atomic E-state index is -5.81. The highest BCUT2D eigenvalue weighted by molar-refractivity contribution is 6.07. The van der Waals surface area contributed by atoms with Gasteiger partial charge in [0.1, 0.15) is 18.2 Å². The monoisotopic (exact) mass is 521 g/mol. The molecule has 1 fully saturated rings. The first-order valence-corrected chi connectivity index (χ1v) is 11.5. The van der Waals surface area contributed by atoms with Crippen LogP contribution in [-0.4, -0.2) is 41.2 Å². The van der Waals surface area contributed by atoms with Crippen molar-refractivity contribution in [3.05, 3.63) is 77.7 Å². The number of anilines is 2. The molecule has 12 heteroatoms. The van der Waals surface area contributed by atoms with Gasteiger partial charge >= 0.3 is 12.1 Å². The van der Waals surface area contributed by atoms with E-state index < -0.39 is 29.3 Å². The molecule has 1 amide bonds. The standard InChI is InChI=1S/C25H24F5N5O2/c26-24(27,25(28,29)30)20-6-5-17(13-21(20)37-15-18-3-1-9-32-18)35-23(36)19-4-2-10-33-22(19)34-14-16-7-11-31-12-8-16/h2,4-8,10-13,18,32H,1,3,9,14-15H2,(H,33,34)(H,35,36)/t18-/m0/s1. The van der Waals surface area contributed by atoms with Crippen molar-refractivity contribution < 1.29 is 31.5 Å². The lowest BCUT2D eigenvalue weighted by atomic mass is 10.1. The number of halogens is 5. The van der Waals surface area contributed by atoms with E-state index in [0.717, 1.165) is 24.1 Å². The Bertz CT molecular complexity index is 1220. The highest BCUT2D eigenvalue weighted by Crippen LogP contribution is 2.47. The van der Waals surface area contributed by atoms with Crippen LogP contribution in [0.2, 0.25) is 0 Å². The van der Waals surface area contributed by atoms with Gasteiger partial charge in [-0.1, -0.05) is 0 Å². The van der Waals surface area contributed by atoms with Crippen LogP contribution in [0.25, 0.3) is 0 Å². The van der Waals surface area contributed by atoms with Crippen LogP contribution in [0, 0.1) is 0 Å². The summed E-state index contributed by atoms with van der Waals surface area (Å²) in [4.78, 5) is 21.1. The highest BCUT2D eigenvalue weighted by Gasteiger charge is 2.60. The van der Waals surface area contributed by atoms with Crippen LogP contribution in [0.4, 0.5) is 33.5 Å². The lowest BCUT2D eigenvalue weighted by molar-refractivity contribution is -0.289. The topological polar surface area (TPSA) is 88.2 Å². The summed E-state index contributed by atoms with van der Waals surface area (Å²) in [5, 5.41) is 8.67. The summed E-state index contributed by atoms with van der Waals surface area (Å²) >= 11 is 0. The number of aromatic nitrogens is 2. The Labute approximate surface area is 209 Å². The van der Waals surface area contributed by atoms with Gasteiger partial charge in [0.05, 0.1) is 11.1 Å². The summed E-state index contributed by atoms with van der Waals surface area (Å²) in [6, 6.07) is 9.03. The number of hydrogen-bond acceptors (Lipinski definition) is 6. The third-order valence-corrected chi connectivity index (χ3v) is 5.80. The molecule has 0 aliphatic carbocycles. The van der Waals surface area contributed by atoms with Crippen LogP contribution in [0.5, 0.6) is 5.75 Å². The molecule has 3 N–H and O–H groups in total.